The molecule has 0 unspecified atom stereocenters. The molecule has 1 saturated heterocycles. The first-order chi connectivity index (χ1) is 11.9. The number of amides is 1. The van der Waals surface area contributed by atoms with Crippen LogP contribution >= 0.6 is 0 Å². The quantitative estimate of drug-likeness (QED) is 0.899. The van der Waals surface area contributed by atoms with E-state index >= 15 is 0 Å². The van der Waals surface area contributed by atoms with Gasteiger partial charge in [0.15, 0.2) is 0 Å². The molecule has 1 aromatic heterocycles. The van der Waals surface area contributed by atoms with Crippen LogP contribution in [-0.2, 0) is 18.4 Å². The van der Waals surface area contributed by atoms with Crippen molar-refractivity contribution >= 4 is 22.6 Å². The van der Waals surface area contributed by atoms with E-state index in [9.17, 15) is 4.79 Å². The van der Waals surface area contributed by atoms with Gasteiger partial charge in [-0.05, 0) is 56.0 Å². The van der Waals surface area contributed by atoms with E-state index in [2.05, 4.69) is 48.7 Å². The minimum absolute atomic E-state index is 0.0629. The molecule has 0 radical (unpaired) electrons. The van der Waals surface area contributed by atoms with E-state index in [-0.39, 0.29) is 5.91 Å². The van der Waals surface area contributed by atoms with Gasteiger partial charge in [-0.3, -0.25) is 9.69 Å². The average Bonchev–Trinajstić information content (AvgIpc) is 2.84. The molecule has 5 nitrogen and oxygen atoms in total. The van der Waals surface area contributed by atoms with E-state index in [1.54, 1.807) is 0 Å². The van der Waals surface area contributed by atoms with Crippen LogP contribution in [0.1, 0.15) is 45.9 Å². The lowest BCUT2D eigenvalue weighted by molar-refractivity contribution is -0.116. The summed E-state index contributed by atoms with van der Waals surface area (Å²) in [6.07, 6.45) is 3.09. The summed E-state index contributed by atoms with van der Waals surface area (Å²) < 4.78 is 2.17. The lowest BCUT2D eigenvalue weighted by Gasteiger charge is -2.29. The van der Waals surface area contributed by atoms with Crippen LogP contribution in [0.25, 0.3) is 11.0 Å². The third kappa shape index (κ3) is 4.40. The maximum Gasteiger partial charge on any atom is 0.224 e. The molecular formula is C20H30N4O. The number of hydrogen-bond donors (Lipinski definition) is 1. The fourth-order valence-corrected chi connectivity index (χ4v) is 3.47. The highest BCUT2D eigenvalue weighted by molar-refractivity contribution is 5.93. The van der Waals surface area contributed by atoms with Crippen LogP contribution in [0.4, 0.5) is 5.69 Å². The summed E-state index contributed by atoms with van der Waals surface area (Å²) in [7, 11) is 2.08. The normalized spacial score (nSPS) is 16.7. The number of nitrogens with zero attached hydrogens (tertiary/aromatic N) is 3. The Labute approximate surface area is 150 Å². The van der Waals surface area contributed by atoms with Crippen LogP contribution in [0.15, 0.2) is 18.2 Å². The van der Waals surface area contributed by atoms with Crippen molar-refractivity contribution in [2.24, 2.45) is 18.9 Å². The molecule has 1 aromatic carbocycles. The molecule has 25 heavy (non-hydrogen) atoms. The van der Waals surface area contributed by atoms with Crippen LogP contribution in [0.2, 0.25) is 0 Å². The van der Waals surface area contributed by atoms with E-state index in [4.69, 9.17) is 4.98 Å². The van der Waals surface area contributed by atoms with Gasteiger partial charge in [-0.25, -0.2) is 4.98 Å². The van der Waals surface area contributed by atoms with Gasteiger partial charge in [-0.15, -0.1) is 0 Å². The number of piperidine rings is 1. The van der Waals surface area contributed by atoms with Crippen LogP contribution in [-0.4, -0.2) is 33.4 Å². The molecule has 1 aliphatic rings. The van der Waals surface area contributed by atoms with Gasteiger partial charge >= 0.3 is 0 Å². The number of fused-ring (bicyclic) bond motifs is 1. The summed E-state index contributed by atoms with van der Waals surface area (Å²) >= 11 is 0. The molecule has 1 N–H and O–H groups in total. The number of aryl methyl sites for hydroxylation is 1. The number of carbonyl (C=O) groups excluding carboxylic acids is 1. The Morgan fingerprint density at radius 3 is 2.72 bits per heavy atom. The smallest absolute Gasteiger partial charge is 0.224 e. The minimum atomic E-state index is 0.0629. The molecule has 2 aromatic rings. The van der Waals surface area contributed by atoms with E-state index in [0.717, 1.165) is 48.1 Å². The van der Waals surface area contributed by atoms with Gasteiger partial charge in [0.05, 0.1) is 17.6 Å². The van der Waals surface area contributed by atoms with Gasteiger partial charge in [0.2, 0.25) is 5.91 Å². The first kappa shape index (κ1) is 17.9. The van der Waals surface area contributed by atoms with Crippen molar-refractivity contribution in [1.29, 1.82) is 0 Å². The standard InChI is InChI=1S/C20H30N4O/c1-14(2)11-20(25)21-16-5-6-18-17(12-16)22-19(23(18)4)13-24-9-7-15(3)8-10-24/h5-6,12,14-15H,7-11,13H2,1-4H3,(H,21,25). The number of hydrogen-bond acceptors (Lipinski definition) is 3. The predicted molar refractivity (Wildman–Crippen MR) is 102 cm³/mol. The first-order valence-corrected chi connectivity index (χ1v) is 9.40. The summed E-state index contributed by atoms with van der Waals surface area (Å²) in [5.41, 5.74) is 2.89. The van der Waals surface area contributed by atoms with Gasteiger partial charge in [0.1, 0.15) is 5.82 Å². The summed E-state index contributed by atoms with van der Waals surface area (Å²) in [5, 5.41) is 2.98. The second kappa shape index (κ2) is 7.56. The van der Waals surface area contributed by atoms with Gasteiger partial charge < -0.3 is 9.88 Å². The molecule has 1 fully saturated rings. The van der Waals surface area contributed by atoms with Crippen molar-refractivity contribution in [3.8, 4) is 0 Å². The zero-order valence-electron chi connectivity index (χ0n) is 15.9. The second-order valence-corrected chi connectivity index (χ2v) is 7.90. The maximum atomic E-state index is 12.0. The lowest BCUT2D eigenvalue weighted by atomic mass is 9.99. The number of rotatable bonds is 5. The molecule has 5 heteroatoms. The van der Waals surface area contributed by atoms with Crippen LogP contribution < -0.4 is 5.32 Å². The average molecular weight is 342 g/mol. The summed E-state index contributed by atoms with van der Waals surface area (Å²) in [6, 6.07) is 6.00. The van der Waals surface area contributed by atoms with E-state index in [0.29, 0.717) is 12.3 Å². The number of benzene rings is 1. The Balaban J connectivity index is 1.73. The Morgan fingerprint density at radius 2 is 2.04 bits per heavy atom. The van der Waals surface area contributed by atoms with Gasteiger partial charge in [-0.1, -0.05) is 20.8 Å². The first-order valence-electron chi connectivity index (χ1n) is 9.40. The molecular weight excluding hydrogens is 312 g/mol. The SMILES string of the molecule is CC(C)CC(=O)Nc1ccc2c(c1)nc(CN1CCC(C)CC1)n2C. The highest BCUT2D eigenvalue weighted by Crippen LogP contribution is 2.23. The Morgan fingerprint density at radius 1 is 1.32 bits per heavy atom. The molecule has 0 atom stereocenters. The van der Waals surface area contributed by atoms with Crippen molar-refractivity contribution in [2.45, 2.75) is 46.6 Å². The van der Waals surface area contributed by atoms with Crippen molar-refractivity contribution in [3.05, 3.63) is 24.0 Å². The van der Waals surface area contributed by atoms with Gasteiger partial charge in [-0.2, -0.15) is 0 Å². The monoisotopic (exact) mass is 342 g/mol. The second-order valence-electron chi connectivity index (χ2n) is 7.90. The zero-order chi connectivity index (χ0) is 18.0. The minimum Gasteiger partial charge on any atom is -0.330 e. The zero-order valence-corrected chi connectivity index (χ0v) is 15.9. The largest absolute Gasteiger partial charge is 0.330 e. The number of carbonyl (C=O) groups is 1. The van der Waals surface area contributed by atoms with Crippen molar-refractivity contribution < 1.29 is 4.79 Å². The maximum absolute atomic E-state index is 12.0. The third-order valence-corrected chi connectivity index (χ3v) is 5.09. The predicted octanol–water partition coefficient (Wildman–Crippen LogP) is 3.79. The van der Waals surface area contributed by atoms with Crippen LogP contribution in [0.5, 0.6) is 0 Å². The Kier molecular flexibility index (Phi) is 5.42. The van der Waals surface area contributed by atoms with E-state index in [1.165, 1.54) is 12.8 Å². The molecule has 136 valence electrons. The summed E-state index contributed by atoms with van der Waals surface area (Å²) in [4.78, 5) is 19.3. The fraction of sp³-hybridized carbons (Fsp3) is 0.600. The van der Waals surface area contributed by atoms with E-state index in [1.807, 2.05) is 12.1 Å². The number of nitrogens with one attached hydrogen (secondary N) is 1. The molecule has 3 rings (SSSR count). The lowest BCUT2D eigenvalue weighted by Crippen LogP contribution is -2.33. The highest BCUT2D eigenvalue weighted by Gasteiger charge is 2.18. The van der Waals surface area contributed by atoms with Gasteiger partial charge in [0.25, 0.3) is 0 Å². The third-order valence-electron chi connectivity index (χ3n) is 5.09. The number of imidazole rings is 1. The summed E-state index contributed by atoms with van der Waals surface area (Å²) in [6.45, 7) is 9.64. The summed E-state index contributed by atoms with van der Waals surface area (Å²) in [5.74, 6) is 2.36. The van der Waals surface area contributed by atoms with Gasteiger partial charge in [0, 0.05) is 19.2 Å². The van der Waals surface area contributed by atoms with Crippen molar-refractivity contribution in [1.82, 2.24) is 14.5 Å². The molecule has 1 aliphatic heterocycles. The van der Waals surface area contributed by atoms with Crippen molar-refractivity contribution in [2.75, 3.05) is 18.4 Å². The molecule has 0 aliphatic carbocycles. The Bertz CT molecular complexity index is 741. The van der Waals surface area contributed by atoms with Crippen LogP contribution in [0.3, 0.4) is 0 Å². The van der Waals surface area contributed by atoms with Crippen LogP contribution in [0, 0.1) is 11.8 Å². The molecule has 0 saturated carbocycles. The topological polar surface area (TPSA) is 50.2 Å². The van der Waals surface area contributed by atoms with E-state index < -0.39 is 0 Å². The molecule has 0 bridgehead atoms. The van der Waals surface area contributed by atoms with Crippen molar-refractivity contribution in [3.63, 3.8) is 0 Å². The Hall–Kier alpha value is -1.88. The highest BCUT2D eigenvalue weighted by atomic mass is 16.1. The molecule has 0 spiro atoms. The number of likely N-dealkylation sites (tertiary alicyclic amines) is 1. The molecule has 2 heterocycles. The number of anilines is 1. The fourth-order valence-electron chi connectivity index (χ4n) is 3.47. The number of aromatic nitrogens is 2. The molecule has 1 amide bonds.